The van der Waals surface area contributed by atoms with Crippen LogP contribution in [0, 0.1) is 17.5 Å². The SMILES string of the molecule is CCCN(CC(=O)NCc1ccccc1)CC(=O)Nc1ccc(F)c(F)c1F. The van der Waals surface area contributed by atoms with Crippen LogP contribution in [0.15, 0.2) is 42.5 Å². The Labute approximate surface area is 161 Å². The molecule has 0 aliphatic rings. The number of nitrogens with zero attached hydrogens (tertiary/aromatic N) is 1. The Balaban J connectivity index is 1.89. The molecule has 0 atom stereocenters. The second kappa shape index (κ2) is 10.5. The summed E-state index contributed by atoms with van der Waals surface area (Å²) >= 11 is 0. The van der Waals surface area contributed by atoms with Crippen molar-refractivity contribution >= 4 is 17.5 Å². The van der Waals surface area contributed by atoms with Crippen LogP contribution in [-0.4, -0.2) is 36.3 Å². The average Bonchev–Trinajstić information content (AvgIpc) is 2.68. The van der Waals surface area contributed by atoms with Crippen LogP contribution in [0.25, 0.3) is 0 Å². The number of hydrogen-bond donors (Lipinski definition) is 2. The minimum Gasteiger partial charge on any atom is -0.351 e. The van der Waals surface area contributed by atoms with Gasteiger partial charge >= 0.3 is 0 Å². The van der Waals surface area contributed by atoms with Crippen molar-refractivity contribution in [3.63, 3.8) is 0 Å². The second-order valence-electron chi connectivity index (χ2n) is 6.24. The molecule has 2 aromatic carbocycles. The molecule has 0 bridgehead atoms. The van der Waals surface area contributed by atoms with Crippen LogP contribution in [0.1, 0.15) is 18.9 Å². The molecule has 0 fully saturated rings. The lowest BCUT2D eigenvalue weighted by Crippen LogP contribution is -2.41. The van der Waals surface area contributed by atoms with Crippen molar-refractivity contribution in [2.45, 2.75) is 19.9 Å². The van der Waals surface area contributed by atoms with E-state index >= 15 is 0 Å². The quantitative estimate of drug-likeness (QED) is 0.644. The Bertz CT molecular complexity index is 816. The molecule has 0 saturated heterocycles. The summed E-state index contributed by atoms with van der Waals surface area (Å²) in [6.07, 6.45) is 0.693. The molecule has 2 aromatic rings. The van der Waals surface area contributed by atoms with E-state index in [0.29, 0.717) is 19.5 Å². The van der Waals surface area contributed by atoms with Gasteiger partial charge in [-0.15, -0.1) is 0 Å². The summed E-state index contributed by atoms with van der Waals surface area (Å²) in [5, 5.41) is 4.97. The Morgan fingerprint density at radius 1 is 0.929 bits per heavy atom. The second-order valence-corrected chi connectivity index (χ2v) is 6.24. The number of carbonyl (C=O) groups is 2. The Hall–Kier alpha value is -2.87. The summed E-state index contributed by atoms with van der Waals surface area (Å²) in [6.45, 7) is 2.51. The van der Waals surface area contributed by atoms with Crippen molar-refractivity contribution in [2.75, 3.05) is 25.0 Å². The van der Waals surface area contributed by atoms with Crippen molar-refractivity contribution in [1.82, 2.24) is 10.2 Å². The molecule has 0 saturated carbocycles. The number of amides is 2. The summed E-state index contributed by atoms with van der Waals surface area (Å²) in [7, 11) is 0. The molecule has 2 N–H and O–H groups in total. The highest BCUT2D eigenvalue weighted by Gasteiger charge is 2.18. The molecule has 0 aliphatic carbocycles. The molecule has 0 aliphatic heterocycles. The maximum Gasteiger partial charge on any atom is 0.238 e. The summed E-state index contributed by atoms with van der Waals surface area (Å²) in [5.74, 6) is -5.34. The molecule has 0 heterocycles. The molecule has 2 amide bonds. The average molecular weight is 393 g/mol. The van der Waals surface area contributed by atoms with Gasteiger partial charge in [0.2, 0.25) is 11.8 Å². The first-order chi connectivity index (χ1) is 13.4. The highest BCUT2D eigenvalue weighted by Crippen LogP contribution is 2.19. The third-order valence-corrected chi connectivity index (χ3v) is 3.92. The van der Waals surface area contributed by atoms with Crippen LogP contribution >= 0.6 is 0 Å². The molecule has 0 unspecified atom stereocenters. The van der Waals surface area contributed by atoms with E-state index < -0.39 is 29.0 Å². The van der Waals surface area contributed by atoms with Crippen LogP contribution in [0.5, 0.6) is 0 Å². The predicted octanol–water partition coefficient (Wildman–Crippen LogP) is 3.07. The van der Waals surface area contributed by atoms with Gasteiger partial charge in [-0.2, -0.15) is 0 Å². The Morgan fingerprint density at radius 2 is 1.61 bits per heavy atom. The van der Waals surface area contributed by atoms with Crippen molar-refractivity contribution in [3.8, 4) is 0 Å². The van der Waals surface area contributed by atoms with Gasteiger partial charge in [0.15, 0.2) is 17.5 Å². The van der Waals surface area contributed by atoms with Gasteiger partial charge < -0.3 is 10.6 Å². The van der Waals surface area contributed by atoms with Crippen molar-refractivity contribution in [2.24, 2.45) is 0 Å². The largest absolute Gasteiger partial charge is 0.351 e. The lowest BCUT2D eigenvalue weighted by Gasteiger charge is -2.20. The Morgan fingerprint density at radius 3 is 2.29 bits per heavy atom. The number of carbonyl (C=O) groups excluding carboxylic acids is 2. The first kappa shape index (κ1) is 21.4. The number of anilines is 1. The third-order valence-electron chi connectivity index (χ3n) is 3.92. The van der Waals surface area contributed by atoms with E-state index in [4.69, 9.17) is 0 Å². The summed E-state index contributed by atoms with van der Waals surface area (Å²) in [6, 6.07) is 11.1. The van der Waals surface area contributed by atoms with Crippen molar-refractivity contribution in [3.05, 3.63) is 65.5 Å². The van der Waals surface area contributed by atoms with E-state index in [1.165, 1.54) is 0 Å². The van der Waals surface area contributed by atoms with E-state index in [9.17, 15) is 22.8 Å². The Kier molecular flexibility index (Phi) is 8.01. The minimum absolute atomic E-state index is 0.0195. The van der Waals surface area contributed by atoms with Gasteiger partial charge in [-0.25, -0.2) is 13.2 Å². The zero-order valence-corrected chi connectivity index (χ0v) is 15.5. The van der Waals surface area contributed by atoms with Gasteiger partial charge in [-0.05, 0) is 30.7 Å². The number of nitrogens with one attached hydrogen (secondary N) is 2. The van der Waals surface area contributed by atoms with E-state index in [0.717, 1.165) is 17.7 Å². The van der Waals surface area contributed by atoms with Crippen LogP contribution < -0.4 is 10.6 Å². The van der Waals surface area contributed by atoms with E-state index in [1.807, 2.05) is 37.3 Å². The normalized spacial score (nSPS) is 10.8. The first-order valence-electron chi connectivity index (χ1n) is 8.87. The molecule has 5 nitrogen and oxygen atoms in total. The molecular formula is C20H22F3N3O2. The van der Waals surface area contributed by atoms with Crippen LogP contribution in [0.3, 0.4) is 0 Å². The van der Waals surface area contributed by atoms with Crippen molar-refractivity contribution in [1.29, 1.82) is 0 Å². The van der Waals surface area contributed by atoms with Gasteiger partial charge in [-0.1, -0.05) is 37.3 Å². The summed E-state index contributed by atoms with van der Waals surface area (Å²) < 4.78 is 39.9. The van der Waals surface area contributed by atoms with Gasteiger partial charge in [0.25, 0.3) is 0 Å². The minimum atomic E-state index is -1.65. The smallest absolute Gasteiger partial charge is 0.238 e. The highest BCUT2D eigenvalue weighted by molar-refractivity contribution is 5.92. The molecule has 0 radical (unpaired) electrons. The van der Waals surface area contributed by atoms with Gasteiger partial charge in [0, 0.05) is 6.54 Å². The first-order valence-corrected chi connectivity index (χ1v) is 8.87. The fraction of sp³-hybridized carbons (Fsp3) is 0.300. The van der Waals surface area contributed by atoms with Crippen LogP contribution in [0.2, 0.25) is 0 Å². The highest BCUT2D eigenvalue weighted by atomic mass is 19.2. The van der Waals surface area contributed by atoms with Crippen LogP contribution in [0.4, 0.5) is 18.9 Å². The van der Waals surface area contributed by atoms with E-state index in [1.54, 1.807) is 4.90 Å². The van der Waals surface area contributed by atoms with E-state index in [-0.39, 0.29) is 19.0 Å². The van der Waals surface area contributed by atoms with Gasteiger partial charge in [-0.3, -0.25) is 14.5 Å². The number of hydrogen-bond acceptors (Lipinski definition) is 3. The third kappa shape index (κ3) is 6.38. The van der Waals surface area contributed by atoms with Gasteiger partial charge in [0.1, 0.15) is 0 Å². The lowest BCUT2D eigenvalue weighted by molar-refractivity contribution is -0.123. The fourth-order valence-corrected chi connectivity index (χ4v) is 2.60. The molecule has 150 valence electrons. The molecule has 0 aromatic heterocycles. The lowest BCUT2D eigenvalue weighted by atomic mass is 10.2. The number of rotatable bonds is 9. The van der Waals surface area contributed by atoms with Crippen molar-refractivity contribution < 1.29 is 22.8 Å². The molecule has 8 heteroatoms. The monoisotopic (exact) mass is 393 g/mol. The summed E-state index contributed by atoms with van der Waals surface area (Å²) in [4.78, 5) is 25.9. The predicted molar refractivity (Wildman–Crippen MR) is 100.0 cm³/mol. The van der Waals surface area contributed by atoms with E-state index in [2.05, 4.69) is 10.6 Å². The molecule has 28 heavy (non-hydrogen) atoms. The van der Waals surface area contributed by atoms with Gasteiger partial charge in [0.05, 0.1) is 18.8 Å². The topological polar surface area (TPSA) is 61.4 Å². The van der Waals surface area contributed by atoms with Crippen LogP contribution in [-0.2, 0) is 16.1 Å². The zero-order valence-electron chi connectivity index (χ0n) is 15.5. The summed E-state index contributed by atoms with van der Waals surface area (Å²) in [5.41, 5.74) is 0.498. The zero-order chi connectivity index (χ0) is 20.5. The number of halogens is 3. The number of benzene rings is 2. The molecule has 0 spiro atoms. The fourth-order valence-electron chi connectivity index (χ4n) is 2.60. The maximum absolute atomic E-state index is 13.7. The molecular weight excluding hydrogens is 371 g/mol. The molecule has 2 rings (SSSR count). The maximum atomic E-state index is 13.7. The standard InChI is InChI=1S/C20H22F3N3O2/c1-2-10-26(12-17(27)24-11-14-6-4-3-5-7-14)13-18(28)25-16-9-8-15(21)19(22)20(16)23/h3-9H,2,10-13H2,1H3,(H,24,27)(H,25,28).